The van der Waals surface area contributed by atoms with E-state index in [1.807, 2.05) is 26.0 Å². The summed E-state index contributed by atoms with van der Waals surface area (Å²) < 4.78 is 11.0. The molecule has 7 heteroatoms. The Morgan fingerprint density at radius 1 is 1.44 bits per heavy atom. The lowest BCUT2D eigenvalue weighted by atomic mass is 10.1. The number of carbonyl (C=O) groups excluding carboxylic acids is 1. The average molecular weight is 344 g/mol. The summed E-state index contributed by atoms with van der Waals surface area (Å²) in [5.74, 6) is 0.924. The van der Waals surface area contributed by atoms with Crippen LogP contribution in [0.2, 0.25) is 0 Å². The molecule has 3 rings (SSSR count). The van der Waals surface area contributed by atoms with Crippen LogP contribution in [-0.2, 0) is 11.2 Å². The van der Waals surface area contributed by atoms with Crippen LogP contribution in [0.15, 0.2) is 28.9 Å². The second-order valence-corrected chi connectivity index (χ2v) is 6.64. The summed E-state index contributed by atoms with van der Waals surface area (Å²) in [6.07, 6.45) is 3.36. The van der Waals surface area contributed by atoms with Gasteiger partial charge in [-0.2, -0.15) is 0 Å². The van der Waals surface area contributed by atoms with Gasteiger partial charge in [-0.05, 0) is 36.5 Å². The van der Waals surface area contributed by atoms with Gasteiger partial charge in [-0.15, -0.1) is 0 Å². The third-order valence-corrected chi connectivity index (χ3v) is 4.36. The molecule has 0 aromatic carbocycles. The number of morpholine rings is 1. The molecule has 0 bridgehead atoms. The maximum absolute atomic E-state index is 12.6. The molecule has 0 aliphatic carbocycles. The van der Waals surface area contributed by atoms with Crippen molar-refractivity contribution in [2.24, 2.45) is 0 Å². The molecule has 1 amide bonds. The van der Waals surface area contributed by atoms with Crippen LogP contribution in [0, 0.1) is 0 Å². The van der Waals surface area contributed by atoms with Crippen molar-refractivity contribution in [1.82, 2.24) is 15.0 Å². The van der Waals surface area contributed by atoms with Gasteiger partial charge in [0, 0.05) is 25.4 Å². The molecule has 0 radical (unpaired) electrons. The largest absolute Gasteiger partial charge is 0.384 e. The number of hydrogen-bond donors (Lipinski definition) is 1. The number of nitrogen functional groups attached to an aromatic ring is 1. The molecule has 1 unspecified atom stereocenters. The molecular weight excluding hydrogens is 320 g/mol. The topological polar surface area (TPSA) is 94.5 Å². The molecule has 2 aromatic rings. The molecule has 1 saturated heterocycles. The molecular formula is C18H24N4O3. The van der Waals surface area contributed by atoms with Crippen molar-refractivity contribution in [2.45, 2.75) is 38.7 Å². The van der Waals surface area contributed by atoms with E-state index in [-0.39, 0.29) is 17.9 Å². The molecule has 7 nitrogen and oxygen atoms in total. The number of ether oxygens (including phenoxy) is 1. The van der Waals surface area contributed by atoms with Crippen molar-refractivity contribution in [3.8, 4) is 0 Å². The Labute approximate surface area is 147 Å². The molecule has 0 spiro atoms. The minimum absolute atomic E-state index is 0.000389. The molecule has 2 aromatic heterocycles. The minimum atomic E-state index is -0.124. The van der Waals surface area contributed by atoms with Crippen molar-refractivity contribution in [3.05, 3.63) is 41.4 Å². The number of aromatic nitrogens is 2. The van der Waals surface area contributed by atoms with Crippen LogP contribution >= 0.6 is 0 Å². The number of nitrogens with two attached hydrogens (primary N) is 1. The van der Waals surface area contributed by atoms with Crippen LogP contribution in [0.5, 0.6) is 0 Å². The van der Waals surface area contributed by atoms with Crippen molar-refractivity contribution in [1.29, 1.82) is 0 Å². The number of anilines is 1. The van der Waals surface area contributed by atoms with Crippen LogP contribution < -0.4 is 5.73 Å². The van der Waals surface area contributed by atoms with Crippen molar-refractivity contribution < 1.29 is 14.1 Å². The van der Waals surface area contributed by atoms with Crippen LogP contribution in [0.1, 0.15) is 48.0 Å². The number of aryl methyl sites for hydroxylation is 1. The predicted octanol–water partition coefficient (Wildman–Crippen LogP) is 2.25. The molecule has 1 aliphatic rings. The number of carbonyl (C=O) groups is 1. The van der Waals surface area contributed by atoms with Crippen LogP contribution in [0.3, 0.4) is 0 Å². The number of pyridine rings is 1. The van der Waals surface area contributed by atoms with Crippen LogP contribution in [0.4, 0.5) is 5.82 Å². The van der Waals surface area contributed by atoms with E-state index in [9.17, 15) is 4.79 Å². The Kier molecular flexibility index (Phi) is 5.33. The zero-order chi connectivity index (χ0) is 17.8. The quantitative estimate of drug-likeness (QED) is 0.894. The lowest BCUT2D eigenvalue weighted by molar-refractivity contribution is -0.0257. The Morgan fingerprint density at radius 3 is 3.00 bits per heavy atom. The number of hydrogen-bond acceptors (Lipinski definition) is 6. The third kappa shape index (κ3) is 4.36. The first kappa shape index (κ1) is 17.4. The maximum Gasteiger partial charge on any atom is 0.292 e. The Morgan fingerprint density at radius 2 is 2.28 bits per heavy atom. The molecule has 134 valence electrons. The van der Waals surface area contributed by atoms with E-state index in [0.717, 1.165) is 24.1 Å². The maximum atomic E-state index is 12.6. The van der Waals surface area contributed by atoms with Gasteiger partial charge < -0.3 is 19.9 Å². The van der Waals surface area contributed by atoms with Gasteiger partial charge in [0.1, 0.15) is 5.82 Å². The smallest absolute Gasteiger partial charge is 0.292 e. The molecule has 1 atom stereocenters. The zero-order valence-corrected chi connectivity index (χ0v) is 14.6. The summed E-state index contributed by atoms with van der Waals surface area (Å²) >= 11 is 0. The molecule has 3 heterocycles. The zero-order valence-electron chi connectivity index (χ0n) is 14.6. The molecule has 25 heavy (non-hydrogen) atoms. The second kappa shape index (κ2) is 7.65. The standard InChI is InChI=1S/C18H24N4O3/c1-12(2)15-10-16(25-21-15)18(23)22-7-8-24-14(11-22)4-3-13-5-6-20-17(19)9-13/h5-6,9-10,12,14H,3-4,7-8,11H2,1-2H3,(H2,19,20). The van der Waals surface area contributed by atoms with E-state index < -0.39 is 0 Å². The fourth-order valence-corrected chi connectivity index (χ4v) is 2.87. The Bertz CT molecular complexity index is 729. The summed E-state index contributed by atoms with van der Waals surface area (Å²) in [6.45, 7) is 5.68. The van der Waals surface area contributed by atoms with Gasteiger partial charge >= 0.3 is 0 Å². The lowest BCUT2D eigenvalue weighted by Gasteiger charge is -2.32. The van der Waals surface area contributed by atoms with Gasteiger partial charge in [0.05, 0.1) is 18.4 Å². The summed E-state index contributed by atoms with van der Waals surface area (Å²) in [6, 6.07) is 5.55. The fraction of sp³-hybridized carbons (Fsp3) is 0.500. The lowest BCUT2D eigenvalue weighted by Crippen LogP contribution is -2.45. The predicted molar refractivity (Wildman–Crippen MR) is 93.2 cm³/mol. The fourth-order valence-electron chi connectivity index (χ4n) is 2.87. The van der Waals surface area contributed by atoms with Gasteiger partial charge in [0.25, 0.3) is 5.91 Å². The van der Waals surface area contributed by atoms with Crippen LogP contribution in [-0.4, -0.2) is 46.7 Å². The molecule has 2 N–H and O–H groups in total. The van der Waals surface area contributed by atoms with Crippen molar-refractivity contribution >= 4 is 11.7 Å². The highest BCUT2D eigenvalue weighted by molar-refractivity contribution is 5.91. The number of rotatable bonds is 5. The normalized spacial score (nSPS) is 17.9. The summed E-state index contributed by atoms with van der Waals surface area (Å²) in [7, 11) is 0. The first-order valence-corrected chi connectivity index (χ1v) is 8.61. The van der Waals surface area contributed by atoms with E-state index in [2.05, 4.69) is 10.1 Å². The first-order valence-electron chi connectivity index (χ1n) is 8.61. The van der Waals surface area contributed by atoms with Crippen molar-refractivity contribution in [2.75, 3.05) is 25.4 Å². The highest BCUT2D eigenvalue weighted by atomic mass is 16.5. The van der Waals surface area contributed by atoms with E-state index in [0.29, 0.717) is 31.3 Å². The molecule has 0 saturated carbocycles. The van der Waals surface area contributed by atoms with E-state index in [1.54, 1.807) is 17.2 Å². The third-order valence-electron chi connectivity index (χ3n) is 4.36. The Hall–Kier alpha value is -2.41. The van der Waals surface area contributed by atoms with Gasteiger partial charge in [-0.1, -0.05) is 19.0 Å². The highest BCUT2D eigenvalue weighted by Crippen LogP contribution is 2.18. The van der Waals surface area contributed by atoms with Crippen LogP contribution in [0.25, 0.3) is 0 Å². The van der Waals surface area contributed by atoms with E-state index >= 15 is 0 Å². The Balaban J connectivity index is 1.57. The SMILES string of the molecule is CC(C)c1cc(C(=O)N2CCOC(CCc3ccnc(N)c3)C2)on1. The van der Waals surface area contributed by atoms with Gasteiger partial charge in [-0.25, -0.2) is 4.98 Å². The summed E-state index contributed by atoms with van der Waals surface area (Å²) in [5, 5.41) is 3.96. The number of amides is 1. The van der Waals surface area contributed by atoms with Crippen molar-refractivity contribution in [3.63, 3.8) is 0 Å². The summed E-state index contributed by atoms with van der Waals surface area (Å²) in [4.78, 5) is 18.4. The minimum Gasteiger partial charge on any atom is -0.384 e. The van der Waals surface area contributed by atoms with Gasteiger partial charge in [0.15, 0.2) is 0 Å². The van der Waals surface area contributed by atoms with E-state index in [4.69, 9.17) is 15.0 Å². The van der Waals surface area contributed by atoms with Gasteiger partial charge in [-0.3, -0.25) is 4.79 Å². The molecule has 1 aliphatic heterocycles. The monoisotopic (exact) mass is 344 g/mol. The second-order valence-electron chi connectivity index (χ2n) is 6.64. The summed E-state index contributed by atoms with van der Waals surface area (Å²) in [5.41, 5.74) is 7.62. The van der Waals surface area contributed by atoms with E-state index in [1.165, 1.54) is 0 Å². The van der Waals surface area contributed by atoms with Gasteiger partial charge in [0.2, 0.25) is 5.76 Å². The number of nitrogens with zero attached hydrogens (tertiary/aromatic N) is 3. The molecule has 1 fully saturated rings. The average Bonchev–Trinajstić information content (AvgIpc) is 3.10. The highest BCUT2D eigenvalue weighted by Gasteiger charge is 2.27. The first-order chi connectivity index (χ1) is 12.0.